The van der Waals surface area contributed by atoms with Crippen LogP contribution in [0.4, 0.5) is 21.9 Å². The summed E-state index contributed by atoms with van der Waals surface area (Å²) in [6.45, 7) is 4.04. The third kappa shape index (κ3) is 3.17. The summed E-state index contributed by atoms with van der Waals surface area (Å²) in [5, 5.41) is 14.2. The Bertz CT molecular complexity index is 1230. The van der Waals surface area contributed by atoms with Crippen molar-refractivity contribution in [3.63, 3.8) is 0 Å². The van der Waals surface area contributed by atoms with Gasteiger partial charge in [-0.2, -0.15) is 0 Å². The first-order valence-corrected chi connectivity index (χ1v) is 11.2. The minimum Gasteiger partial charge on any atom is -0.372 e. The number of barbiturate groups is 1. The van der Waals surface area contributed by atoms with E-state index < -0.39 is 40.3 Å². The number of rotatable bonds is 2. The van der Waals surface area contributed by atoms with Crippen LogP contribution in [0.15, 0.2) is 42.5 Å². The van der Waals surface area contributed by atoms with Crippen molar-refractivity contribution in [2.75, 3.05) is 16.3 Å². The van der Waals surface area contributed by atoms with Gasteiger partial charge in [0.15, 0.2) is 5.41 Å². The van der Waals surface area contributed by atoms with Gasteiger partial charge in [-0.3, -0.25) is 25.0 Å². The van der Waals surface area contributed by atoms with Crippen molar-refractivity contribution in [1.82, 2.24) is 5.32 Å². The molecule has 0 radical (unpaired) electrons. The van der Waals surface area contributed by atoms with Crippen LogP contribution >= 0.6 is 11.6 Å². The lowest BCUT2D eigenvalue weighted by Gasteiger charge is -2.56. The summed E-state index contributed by atoms with van der Waals surface area (Å²) >= 11 is 5.97. The molecule has 176 valence electrons. The second kappa shape index (κ2) is 7.78. The van der Waals surface area contributed by atoms with E-state index >= 15 is 0 Å². The van der Waals surface area contributed by atoms with Gasteiger partial charge in [-0.25, -0.2) is 9.69 Å². The second-order valence-electron chi connectivity index (χ2n) is 8.84. The summed E-state index contributed by atoms with van der Waals surface area (Å²) in [6, 6.07) is 8.97. The molecule has 2 fully saturated rings. The van der Waals surface area contributed by atoms with Gasteiger partial charge in [0.05, 0.1) is 28.9 Å². The second-order valence-corrected chi connectivity index (χ2v) is 9.28. The molecule has 2 saturated heterocycles. The molecule has 2 aromatic rings. The molecular formula is C23H21ClN4O6. The fraction of sp³-hybridized carbons (Fsp3) is 0.348. The number of carbonyl (C=O) groups is 3. The number of halogens is 1. The molecule has 0 saturated carbocycles. The number of nitro benzene ring substituents is 1. The van der Waals surface area contributed by atoms with Gasteiger partial charge < -0.3 is 9.64 Å². The molecule has 0 unspecified atom stereocenters. The van der Waals surface area contributed by atoms with Crippen molar-refractivity contribution in [3.8, 4) is 0 Å². The normalized spacial score (nSPS) is 28.4. The van der Waals surface area contributed by atoms with Gasteiger partial charge in [-0.05, 0) is 49.7 Å². The van der Waals surface area contributed by atoms with E-state index in [9.17, 15) is 24.5 Å². The molecule has 3 heterocycles. The Labute approximate surface area is 199 Å². The van der Waals surface area contributed by atoms with Crippen LogP contribution in [0.25, 0.3) is 0 Å². The molecule has 3 aliphatic rings. The Hall–Kier alpha value is -3.50. The summed E-state index contributed by atoms with van der Waals surface area (Å²) in [5.74, 6) is -1.45. The molecule has 1 N–H and O–H groups in total. The zero-order chi connectivity index (χ0) is 24.4. The number of urea groups is 1. The molecule has 3 aliphatic heterocycles. The van der Waals surface area contributed by atoms with Crippen LogP contribution < -0.4 is 15.1 Å². The number of ether oxygens (including phenoxy) is 1. The van der Waals surface area contributed by atoms with Gasteiger partial charge in [0.1, 0.15) is 0 Å². The van der Waals surface area contributed by atoms with Gasteiger partial charge >= 0.3 is 6.03 Å². The van der Waals surface area contributed by atoms with Crippen molar-refractivity contribution >= 4 is 46.5 Å². The highest BCUT2D eigenvalue weighted by Crippen LogP contribution is 2.49. The van der Waals surface area contributed by atoms with E-state index in [4.69, 9.17) is 16.3 Å². The summed E-state index contributed by atoms with van der Waals surface area (Å²) in [5.41, 5.74) is -0.432. The largest absolute Gasteiger partial charge is 0.372 e. The molecule has 0 bridgehead atoms. The van der Waals surface area contributed by atoms with Crippen molar-refractivity contribution in [3.05, 3.63) is 63.2 Å². The molecule has 2 aromatic carbocycles. The number of nitrogens with one attached hydrogen (secondary N) is 1. The van der Waals surface area contributed by atoms with Crippen LogP contribution in [-0.4, -0.2) is 47.6 Å². The topological polar surface area (TPSA) is 122 Å². The minimum atomic E-state index is -1.74. The standard InChI is InChI=1S/C23H21ClN4O6/c1-12-11-26-18-8-7-17(28(32)33)9-14(18)10-23(19(26)13(2)34-12)20(29)25-22(31)27(21(23)30)16-5-3-15(24)4-6-16/h3-9,12-13,19H,10-11H2,1-2H3,(H,25,29,31)/t12-,13+,19-,23+/m0/s1. The number of amides is 4. The van der Waals surface area contributed by atoms with E-state index in [1.807, 2.05) is 11.8 Å². The number of nitro groups is 1. The fourth-order valence-electron chi connectivity index (χ4n) is 5.45. The number of benzene rings is 2. The smallest absolute Gasteiger partial charge is 0.335 e. The Morgan fingerprint density at radius 2 is 1.85 bits per heavy atom. The van der Waals surface area contributed by atoms with E-state index in [-0.39, 0.29) is 23.9 Å². The number of hydrogen-bond donors (Lipinski definition) is 1. The van der Waals surface area contributed by atoms with Gasteiger partial charge in [-0.15, -0.1) is 0 Å². The fourth-order valence-corrected chi connectivity index (χ4v) is 5.58. The maximum atomic E-state index is 14.1. The number of fused-ring (bicyclic) bond motifs is 4. The SMILES string of the molecule is C[C@H]1CN2c3ccc([N+](=O)[O-])cc3C[C@]3(C(=O)NC(=O)N(c4ccc(Cl)cc4)C3=O)[C@@H]2[C@@H](C)O1. The van der Waals surface area contributed by atoms with Crippen LogP contribution in [0.3, 0.4) is 0 Å². The monoisotopic (exact) mass is 484 g/mol. The summed E-state index contributed by atoms with van der Waals surface area (Å²) in [4.78, 5) is 54.2. The molecule has 4 amide bonds. The average molecular weight is 485 g/mol. The van der Waals surface area contributed by atoms with E-state index in [2.05, 4.69) is 5.32 Å². The lowest BCUT2D eigenvalue weighted by atomic mass is 9.66. The highest BCUT2D eigenvalue weighted by atomic mass is 35.5. The lowest BCUT2D eigenvalue weighted by molar-refractivity contribution is -0.384. The average Bonchev–Trinajstić information content (AvgIpc) is 2.78. The summed E-state index contributed by atoms with van der Waals surface area (Å²) in [6.07, 6.45) is -0.864. The zero-order valence-corrected chi connectivity index (χ0v) is 19.1. The first kappa shape index (κ1) is 22.3. The van der Waals surface area contributed by atoms with Gasteiger partial charge in [0, 0.05) is 35.8 Å². The van der Waals surface area contributed by atoms with E-state index in [0.29, 0.717) is 22.8 Å². The number of imide groups is 2. The van der Waals surface area contributed by atoms with E-state index in [1.165, 1.54) is 24.3 Å². The Morgan fingerprint density at radius 1 is 1.15 bits per heavy atom. The predicted octanol–water partition coefficient (Wildman–Crippen LogP) is 3.06. The predicted molar refractivity (Wildman–Crippen MR) is 123 cm³/mol. The van der Waals surface area contributed by atoms with Crippen molar-refractivity contribution in [2.45, 2.75) is 38.5 Å². The molecule has 5 rings (SSSR count). The quantitative estimate of drug-likeness (QED) is 0.395. The number of anilines is 2. The number of nitrogens with zero attached hydrogens (tertiary/aromatic N) is 3. The molecule has 34 heavy (non-hydrogen) atoms. The number of non-ortho nitro benzene ring substituents is 1. The van der Waals surface area contributed by atoms with Crippen molar-refractivity contribution < 1.29 is 24.0 Å². The zero-order valence-electron chi connectivity index (χ0n) is 18.4. The lowest BCUT2D eigenvalue weighted by Crippen LogP contribution is -2.76. The first-order chi connectivity index (χ1) is 16.1. The number of carbonyl (C=O) groups excluding carboxylic acids is 3. The van der Waals surface area contributed by atoms with Crippen LogP contribution in [0, 0.1) is 15.5 Å². The minimum absolute atomic E-state index is 0.116. The Morgan fingerprint density at radius 3 is 2.53 bits per heavy atom. The van der Waals surface area contributed by atoms with Crippen LogP contribution in [-0.2, 0) is 20.7 Å². The molecule has 4 atom stereocenters. The summed E-state index contributed by atoms with van der Waals surface area (Å²) in [7, 11) is 0. The van der Waals surface area contributed by atoms with Gasteiger partial charge in [0.2, 0.25) is 5.91 Å². The summed E-state index contributed by atoms with van der Waals surface area (Å²) < 4.78 is 6.04. The molecule has 0 aliphatic carbocycles. The molecule has 10 nitrogen and oxygen atoms in total. The molecule has 1 spiro atoms. The Balaban J connectivity index is 1.70. The molecule has 0 aromatic heterocycles. The highest BCUT2D eigenvalue weighted by molar-refractivity contribution is 6.32. The third-order valence-electron chi connectivity index (χ3n) is 6.74. The van der Waals surface area contributed by atoms with Crippen molar-refractivity contribution in [1.29, 1.82) is 0 Å². The number of hydrogen-bond acceptors (Lipinski definition) is 7. The van der Waals surface area contributed by atoms with Crippen LogP contribution in [0.1, 0.15) is 19.4 Å². The van der Waals surface area contributed by atoms with Gasteiger partial charge in [0.25, 0.3) is 11.6 Å². The van der Waals surface area contributed by atoms with Gasteiger partial charge in [-0.1, -0.05) is 11.6 Å². The van der Waals surface area contributed by atoms with Crippen LogP contribution in [0.2, 0.25) is 5.02 Å². The maximum Gasteiger partial charge on any atom is 0.335 e. The molecule has 11 heteroatoms. The number of morpholine rings is 1. The first-order valence-electron chi connectivity index (χ1n) is 10.8. The molecular weight excluding hydrogens is 464 g/mol. The Kier molecular flexibility index (Phi) is 5.10. The highest BCUT2D eigenvalue weighted by Gasteiger charge is 2.65. The van der Waals surface area contributed by atoms with E-state index in [1.54, 1.807) is 25.1 Å². The third-order valence-corrected chi connectivity index (χ3v) is 6.99. The van der Waals surface area contributed by atoms with E-state index in [0.717, 1.165) is 4.90 Å². The maximum absolute atomic E-state index is 14.1. The van der Waals surface area contributed by atoms with Crippen molar-refractivity contribution in [2.24, 2.45) is 5.41 Å². The van der Waals surface area contributed by atoms with Crippen LogP contribution in [0.5, 0.6) is 0 Å².